The van der Waals surface area contributed by atoms with Crippen LogP contribution in [0.25, 0.3) is 0 Å². The molecule has 126 valence electrons. The van der Waals surface area contributed by atoms with Crippen LogP contribution < -0.4 is 15.0 Å². The van der Waals surface area contributed by atoms with E-state index in [1.54, 1.807) is 48.5 Å². The van der Waals surface area contributed by atoms with Crippen molar-refractivity contribution >= 4 is 34.8 Å². The Balaban J connectivity index is 2.06. The van der Waals surface area contributed by atoms with Crippen LogP contribution in [0, 0.1) is 0 Å². The lowest BCUT2D eigenvalue weighted by atomic mass is 10.2. The topological polar surface area (TPSA) is 58.6 Å². The lowest BCUT2D eigenvalue weighted by Crippen LogP contribution is -2.36. The molecule has 2 amide bonds. The molecule has 2 aromatic carbocycles. The van der Waals surface area contributed by atoms with E-state index in [9.17, 15) is 9.59 Å². The summed E-state index contributed by atoms with van der Waals surface area (Å²) in [7, 11) is 0. The maximum atomic E-state index is 12.2. The molecule has 0 aromatic heterocycles. The van der Waals surface area contributed by atoms with E-state index in [2.05, 4.69) is 5.32 Å². The standard InChI is InChI=1S/C18H19ClN2O3/c1-3-24-15-10-8-14(9-11-15)20-18(23)12-21(13(2)22)17-7-5-4-6-16(17)19/h4-11H,3,12H2,1-2H3,(H,20,23). The minimum Gasteiger partial charge on any atom is -0.494 e. The van der Waals surface area contributed by atoms with E-state index in [1.165, 1.54) is 11.8 Å². The summed E-state index contributed by atoms with van der Waals surface area (Å²) >= 11 is 6.11. The van der Waals surface area contributed by atoms with Crippen LogP contribution in [0.3, 0.4) is 0 Å². The predicted molar refractivity (Wildman–Crippen MR) is 95.7 cm³/mol. The van der Waals surface area contributed by atoms with Gasteiger partial charge in [0.15, 0.2) is 0 Å². The minimum absolute atomic E-state index is 0.119. The molecular formula is C18H19ClN2O3. The number of amides is 2. The predicted octanol–water partition coefficient (Wildman–Crippen LogP) is 3.73. The molecule has 0 aliphatic carbocycles. The van der Waals surface area contributed by atoms with E-state index in [0.29, 0.717) is 23.0 Å². The Morgan fingerprint density at radius 1 is 1.12 bits per heavy atom. The molecule has 6 heteroatoms. The van der Waals surface area contributed by atoms with Crippen molar-refractivity contribution in [2.24, 2.45) is 0 Å². The molecule has 0 bridgehead atoms. The number of halogens is 1. The molecule has 0 unspecified atom stereocenters. The van der Waals surface area contributed by atoms with Gasteiger partial charge in [0.25, 0.3) is 0 Å². The molecule has 5 nitrogen and oxygen atoms in total. The zero-order chi connectivity index (χ0) is 17.5. The van der Waals surface area contributed by atoms with Gasteiger partial charge in [-0.1, -0.05) is 23.7 Å². The summed E-state index contributed by atoms with van der Waals surface area (Å²) in [5.41, 5.74) is 1.14. The van der Waals surface area contributed by atoms with Gasteiger partial charge in [0, 0.05) is 12.6 Å². The fourth-order valence-corrected chi connectivity index (χ4v) is 2.42. The molecular weight excluding hydrogens is 328 g/mol. The number of para-hydroxylation sites is 1. The largest absolute Gasteiger partial charge is 0.494 e. The average molecular weight is 347 g/mol. The summed E-state index contributed by atoms with van der Waals surface area (Å²) in [6.07, 6.45) is 0. The number of hydrogen-bond donors (Lipinski definition) is 1. The first kappa shape index (κ1) is 17.8. The fourth-order valence-electron chi connectivity index (χ4n) is 2.18. The van der Waals surface area contributed by atoms with Crippen molar-refractivity contribution in [2.45, 2.75) is 13.8 Å². The van der Waals surface area contributed by atoms with Crippen molar-refractivity contribution in [3.63, 3.8) is 0 Å². The van der Waals surface area contributed by atoms with Gasteiger partial charge in [-0.25, -0.2) is 0 Å². The number of nitrogens with zero attached hydrogens (tertiary/aromatic N) is 1. The number of ether oxygens (including phenoxy) is 1. The first-order valence-corrected chi connectivity index (χ1v) is 7.94. The Kier molecular flexibility index (Phi) is 6.21. The third kappa shape index (κ3) is 4.73. The third-order valence-corrected chi connectivity index (χ3v) is 3.59. The molecule has 0 saturated heterocycles. The van der Waals surface area contributed by atoms with Gasteiger partial charge >= 0.3 is 0 Å². The number of rotatable bonds is 6. The fraction of sp³-hybridized carbons (Fsp3) is 0.222. The zero-order valence-electron chi connectivity index (χ0n) is 13.6. The lowest BCUT2D eigenvalue weighted by molar-refractivity contribution is -0.120. The normalized spacial score (nSPS) is 10.1. The number of nitrogens with one attached hydrogen (secondary N) is 1. The van der Waals surface area contributed by atoms with E-state index >= 15 is 0 Å². The van der Waals surface area contributed by atoms with Crippen molar-refractivity contribution in [2.75, 3.05) is 23.4 Å². The number of carbonyl (C=O) groups excluding carboxylic acids is 2. The second-order valence-corrected chi connectivity index (χ2v) is 5.47. The molecule has 0 radical (unpaired) electrons. The van der Waals surface area contributed by atoms with Crippen LogP contribution in [0.2, 0.25) is 5.02 Å². The van der Waals surface area contributed by atoms with Crippen molar-refractivity contribution in [1.29, 1.82) is 0 Å². The van der Waals surface area contributed by atoms with Crippen molar-refractivity contribution < 1.29 is 14.3 Å². The van der Waals surface area contributed by atoms with Crippen LogP contribution >= 0.6 is 11.6 Å². The Morgan fingerprint density at radius 3 is 2.38 bits per heavy atom. The summed E-state index contributed by atoms with van der Waals surface area (Å²) in [5, 5.41) is 3.17. The highest BCUT2D eigenvalue weighted by atomic mass is 35.5. The molecule has 0 spiro atoms. The Labute approximate surface area is 146 Å². The highest BCUT2D eigenvalue weighted by Gasteiger charge is 2.18. The Bertz CT molecular complexity index is 716. The number of benzene rings is 2. The molecule has 0 aliphatic rings. The van der Waals surface area contributed by atoms with E-state index in [0.717, 1.165) is 5.75 Å². The van der Waals surface area contributed by atoms with Gasteiger partial charge in [-0.15, -0.1) is 0 Å². The summed E-state index contributed by atoms with van der Waals surface area (Å²) < 4.78 is 5.35. The van der Waals surface area contributed by atoms with Gasteiger partial charge in [0.05, 0.1) is 17.3 Å². The van der Waals surface area contributed by atoms with E-state index in [4.69, 9.17) is 16.3 Å². The quantitative estimate of drug-likeness (QED) is 0.867. The average Bonchev–Trinajstić information content (AvgIpc) is 2.55. The van der Waals surface area contributed by atoms with Crippen LogP contribution in [0.15, 0.2) is 48.5 Å². The van der Waals surface area contributed by atoms with Gasteiger partial charge in [0.1, 0.15) is 12.3 Å². The monoisotopic (exact) mass is 346 g/mol. The number of anilines is 2. The van der Waals surface area contributed by atoms with E-state index in [1.807, 2.05) is 6.92 Å². The van der Waals surface area contributed by atoms with Crippen LogP contribution in [0.4, 0.5) is 11.4 Å². The second-order valence-electron chi connectivity index (χ2n) is 5.06. The Hall–Kier alpha value is -2.53. The SMILES string of the molecule is CCOc1ccc(NC(=O)CN(C(C)=O)c2ccccc2Cl)cc1. The molecule has 24 heavy (non-hydrogen) atoms. The smallest absolute Gasteiger partial charge is 0.244 e. The molecule has 0 heterocycles. The number of carbonyl (C=O) groups is 2. The van der Waals surface area contributed by atoms with Crippen LogP contribution in [-0.2, 0) is 9.59 Å². The first-order chi connectivity index (χ1) is 11.5. The van der Waals surface area contributed by atoms with Crippen LogP contribution in [0.1, 0.15) is 13.8 Å². The maximum absolute atomic E-state index is 12.2. The summed E-state index contributed by atoms with van der Waals surface area (Å²) in [6, 6.07) is 14.0. The van der Waals surface area contributed by atoms with Crippen molar-refractivity contribution in [1.82, 2.24) is 0 Å². The molecule has 2 rings (SSSR count). The summed E-state index contributed by atoms with van der Waals surface area (Å²) in [4.78, 5) is 25.5. The van der Waals surface area contributed by atoms with Gasteiger partial charge in [-0.3, -0.25) is 9.59 Å². The van der Waals surface area contributed by atoms with Crippen molar-refractivity contribution in [3.05, 3.63) is 53.6 Å². The zero-order valence-corrected chi connectivity index (χ0v) is 14.3. The van der Waals surface area contributed by atoms with Crippen molar-refractivity contribution in [3.8, 4) is 5.75 Å². The second kappa shape index (κ2) is 8.36. The first-order valence-electron chi connectivity index (χ1n) is 7.56. The minimum atomic E-state index is -0.311. The Morgan fingerprint density at radius 2 is 1.79 bits per heavy atom. The highest BCUT2D eigenvalue weighted by molar-refractivity contribution is 6.33. The molecule has 0 saturated carbocycles. The van der Waals surface area contributed by atoms with Gasteiger partial charge in [-0.2, -0.15) is 0 Å². The summed E-state index contributed by atoms with van der Waals surface area (Å²) in [6.45, 7) is 3.76. The molecule has 0 atom stereocenters. The third-order valence-electron chi connectivity index (χ3n) is 3.27. The number of hydrogen-bond acceptors (Lipinski definition) is 3. The lowest BCUT2D eigenvalue weighted by Gasteiger charge is -2.21. The van der Waals surface area contributed by atoms with E-state index in [-0.39, 0.29) is 18.4 Å². The summed E-state index contributed by atoms with van der Waals surface area (Å²) in [5.74, 6) is 0.163. The molecule has 0 aliphatic heterocycles. The van der Waals surface area contributed by atoms with Gasteiger partial charge in [-0.05, 0) is 43.3 Å². The molecule has 2 aromatic rings. The van der Waals surface area contributed by atoms with Gasteiger partial charge < -0.3 is 15.0 Å². The maximum Gasteiger partial charge on any atom is 0.244 e. The van der Waals surface area contributed by atoms with Gasteiger partial charge in [0.2, 0.25) is 11.8 Å². The van der Waals surface area contributed by atoms with Crippen LogP contribution in [0.5, 0.6) is 5.75 Å². The highest BCUT2D eigenvalue weighted by Crippen LogP contribution is 2.25. The van der Waals surface area contributed by atoms with Crippen LogP contribution in [-0.4, -0.2) is 25.0 Å². The molecule has 1 N–H and O–H groups in total. The van der Waals surface area contributed by atoms with E-state index < -0.39 is 0 Å². The molecule has 0 fully saturated rings.